The summed E-state index contributed by atoms with van der Waals surface area (Å²) < 4.78 is 8.45. The van der Waals surface area contributed by atoms with Crippen LogP contribution in [0.3, 0.4) is 0 Å². The molecule has 4 rings (SSSR count). The summed E-state index contributed by atoms with van der Waals surface area (Å²) in [6, 6.07) is 3.98. The van der Waals surface area contributed by atoms with E-state index in [0.717, 1.165) is 72.2 Å². The number of anilines is 1. The number of nitrogens with one attached hydrogen (secondary N) is 1. The lowest BCUT2D eigenvalue weighted by molar-refractivity contribution is 0.0398. The number of fused-ring (bicyclic) bond motifs is 1. The van der Waals surface area contributed by atoms with E-state index in [1.165, 1.54) is 5.56 Å². The van der Waals surface area contributed by atoms with Crippen LogP contribution in [0.5, 0.6) is 0 Å². The van der Waals surface area contributed by atoms with E-state index in [4.69, 9.17) is 4.74 Å². The molecule has 3 aromatic heterocycles. The van der Waals surface area contributed by atoms with Gasteiger partial charge in [0.1, 0.15) is 18.0 Å². The lowest BCUT2D eigenvalue weighted by Crippen LogP contribution is -2.39. The number of hydrogen-bond donors (Lipinski definition) is 1. The molecule has 8 heteroatoms. The van der Waals surface area contributed by atoms with E-state index in [-0.39, 0.29) is 0 Å². The van der Waals surface area contributed by atoms with Crippen molar-refractivity contribution in [1.82, 2.24) is 24.4 Å². The van der Waals surface area contributed by atoms with E-state index < -0.39 is 0 Å². The Morgan fingerprint density at radius 1 is 1.15 bits per heavy atom. The highest BCUT2D eigenvalue weighted by Gasteiger charge is 2.18. The van der Waals surface area contributed by atoms with Crippen LogP contribution in [0.15, 0.2) is 29.1 Å². The average Bonchev–Trinajstić information content (AvgIpc) is 2.95. The van der Waals surface area contributed by atoms with E-state index in [1.807, 2.05) is 12.1 Å². The predicted molar refractivity (Wildman–Crippen MR) is 110 cm³/mol. The number of hydrogen-bond acceptors (Lipinski definition) is 6. The van der Waals surface area contributed by atoms with E-state index >= 15 is 0 Å². The van der Waals surface area contributed by atoms with Crippen molar-refractivity contribution in [2.24, 2.45) is 0 Å². The minimum absolute atomic E-state index is 0.819. The van der Waals surface area contributed by atoms with Crippen LogP contribution in [-0.2, 0) is 4.74 Å². The molecule has 0 saturated carbocycles. The zero-order chi connectivity index (χ0) is 18.8. The standard InChI is InChI=1S/C19H23BrN6O/c1-13-14(2)26(16-4-3-15(20)11-22-16)19-17(13)18(23-12-24-19)21-5-6-25-7-9-27-10-8-25/h3-4,11-12H,5-10H2,1-2H3,(H,21,23,24). The fraction of sp³-hybridized carbons (Fsp3) is 0.421. The molecule has 142 valence electrons. The molecular formula is C19H23BrN6O. The lowest BCUT2D eigenvalue weighted by atomic mass is 10.2. The normalized spacial score (nSPS) is 15.4. The molecule has 1 N–H and O–H groups in total. The van der Waals surface area contributed by atoms with Gasteiger partial charge in [0.25, 0.3) is 0 Å². The van der Waals surface area contributed by atoms with Crippen LogP contribution in [0.1, 0.15) is 11.3 Å². The zero-order valence-electron chi connectivity index (χ0n) is 15.6. The fourth-order valence-corrected chi connectivity index (χ4v) is 3.70. The number of morpholine rings is 1. The van der Waals surface area contributed by atoms with Crippen molar-refractivity contribution in [2.75, 3.05) is 44.7 Å². The molecule has 0 spiro atoms. The third-order valence-corrected chi connectivity index (χ3v) is 5.53. The lowest BCUT2D eigenvalue weighted by Gasteiger charge is -2.26. The Labute approximate surface area is 166 Å². The smallest absolute Gasteiger partial charge is 0.151 e. The van der Waals surface area contributed by atoms with E-state index in [1.54, 1.807) is 12.5 Å². The molecule has 1 fully saturated rings. The van der Waals surface area contributed by atoms with Crippen molar-refractivity contribution in [2.45, 2.75) is 13.8 Å². The topological polar surface area (TPSA) is 68.1 Å². The first-order chi connectivity index (χ1) is 13.1. The van der Waals surface area contributed by atoms with Crippen LogP contribution in [-0.4, -0.2) is 63.8 Å². The van der Waals surface area contributed by atoms with Gasteiger partial charge in [-0.15, -0.1) is 0 Å². The Hall–Kier alpha value is -2.03. The van der Waals surface area contributed by atoms with Gasteiger partial charge < -0.3 is 10.1 Å². The largest absolute Gasteiger partial charge is 0.379 e. The number of ether oxygens (including phenoxy) is 1. The third-order valence-electron chi connectivity index (χ3n) is 5.06. The summed E-state index contributed by atoms with van der Waals surface area (Å²) in [5.74, 6) is 1.73. The summed E-state index contributed by atoms with van der Waals surface area (Å²) in [5.41, 5.74) is 3.17. The minimum atomic E-state index is 0.819. The van der Waals surface area contributed by atoms with Crippen molar-refractivity contribution in [3.8, 4) is 5.82 Å². The van der Waals surface area contributed by atoms with Crippen LogP contribution < -0.4 is 5.32 Å². The molecule has 1 saturated heterocycles. The summed E-state index contributed by atoms with van der Waals surface area (Å²) in [4.78, 5) is 16.0. The molecule has 0 amide bonds. The maximum Gasteiger partial charge on any atom is 0.151 e. The van der Waals surface area contributed by atoms with Crippen molar-refractivity contribution >= 4 is 32.8 Å². The summed E-state index contributed by atoms with van der Waals surface area (Å²) in [7, 11) is 0. The number of pyridine rings is 1. The van der Waals surface area contributed by atoms with E-state index in [0.29, 0.717) is 0 Å². The number of aromatic nitrogens is 4. The maximum atomic E-state index is 5.41. The first-order valence-electron chi connectivity index (χ1n) is 9.13. The van der Waals surface area contributed by atoms with Gasteiger partial charge in [-0.05, 0) is 47.5 Å². The van der Waals surface area contributed by atoms with Crippen molar-refractivity contribution in [3.63, 3.8) is 0 Å². The van der Waals surface area contributed by atoms with Crippen LogP contribution >= 0.6 is 15.9 Å². The van der Waals surface area contributed by atoms with Gasteiger partial charge in [-0.25, -0.2) is 15.0 Å². The first-order valence-corrected chi connectivity index (χ1v) is 9.93. The van der Waals surface area contributed by atoms with Gasteiger partial charge in [0.2, 0.25) is 0 Å². The van der Waals surface area contributed by atoms with E-state index in [2.05, 4.69) is 59.5 Å². The van der Waals surface area contributed by atoms with Gasteiger partial charge in [-0.2, -0.15) is 0 Å². The average molecular weight is 431 g/mol. The Morgan fingerprint density at radius 3 is 2.70 bits per heavy atom. The van der Waals surface area contributed by atoms with Crippen LogP contribution in [0.4, 0.5) is 5.82 Å². The molecule has 0 bridgehead atoms. The van der Waals surface area contributed by atoms with Crippen molar-refractivity contribution in [1.29, 1.82) is 0 Å². The van der Waals surface area contributed by atoms with Gasteiger partial charge >= 0.3 is 0 Å². The highest BCUT2D eigenvalue weighted by molar-refractivity contribution is 9.10. The third kappa shape index (κ3) is 3.69. The summed E-state index contributed by atoms with van der Waals surface area (Å²) in [6.07, 6.45) is 3.42. The molecule has 1 aliphatic heterocycles. The molecule has 27 heavy (non-hydrogen) atoms. The summed E-state index contributed by atoms with van der Waals surface area (Å²) in [6.45, 7) is 9.64. The number of aryl methyl sites for hydroxylation is 1. The molecule has 0 radical (unpaired) electrons. The second-order valence-corrected chi connectivity index (χ2v) is 7.60. The van der Waals surface area contributed by atoms with Gasteiger partial charge in [0, 0.05) is 42.5 Å². The first kappa shape index (κ1) is 18.3. The minimum Gasteiger partial charge on any atom is -0.379 e. The van der Waals surface area contributed by atoms with Crippen LogP contribution in [0, 0.1) is 13.8 Å². The fourth-order valence-electron chi connectivity index (χ4n) is 3.47. The molecule has 1 aliphatic rings. The Kier molecular flexibility index (Phi) is 5.38. The molecule has 0 unspecified atom stereocenters. The van der Waals surface area contributed by atoms with E-state index in [9.17, 15) is 0 Å². The van der Waals surface area contributed by atoms with Crippen LogP contribution in [0.25, 0.3) is 16.9 Å². The molecule has 3 aromatic rings. The molecular weight excluding hydrogens is 408 g/mol. The SMILES string of the molecule is Cc1c(C)n(-c2ccc(Br)cn2)c2ncnc(NCCN3CCOCC3)c12. The van der Waals surface area contributed by atoms with Gasteiger partial charge in [-0.3, -0.25) is 9.47 Å². The zero-order valence-corrected chi connectivity index (χ0v) is 17.2. The molecule has 0 aliphatic carbocycles. The number of halogens is 1. The highest BCUT2D eigenvalue weighted by Crippen LogP contribution is 2.30. The Bertz CT molecular complexity index is 934. The Balaban J connectivity index is 1.63. The second kappa shape index (κ2) is 7.92. The Morgan fingerprint density at radius 2 is 1.96 bits per heavy atom. The van der Waals surface area contributed by atoms with Crippen molar-refractivity contribution < 1.29 is 4.74 Å². The second-order valence-electron chi connectivity index (χ2n) is 6.68. The van der Waals surface area contributed by atoms with Gasteiger partial charge in [0.05, 0.1) is 18.6 Å². The predicted octanol–water partition coefficient (Wildman–Crippen LogP) is 2.94. The molecule has 0 aromatic carbocycles. The molecule has 4 heterocycles. The highest BCUT2D eigenvalue weighted by atomic mass is 79.9. The van der Waals surface area contributed by atoms with Gasteiger partial charge in [0.15, 0.2) is 5.65 Å². The van der Waals surface area contributed by atoms with Gasteiger partial charge in [-0.1, -0.05) is 0 Å². The quantitative estimate of drug-likeness (QED) is 0.670. The van der Waals surface area contributed by atoms with Crippen LogP contribution in [0.2, 0.25) is 0 Å². The molecule has 7 nitrogen and oxygen atoms in total. The number of rotatable bonds is 5. The maximum absolute atomic E-state index is 5.41. The summed E-state index contributed by atoms with van der Waals surface area (Å²) >= 11 is 3.45. The van der Waals surface area contributed by atoms with Crippen molar-refractivity contribution in [3.05, 3.63) is 40.4 Å². The number of nitrogens with zero attached hydrogens (tertiary/aromatic N) is 5. The monoisotopic (exact) mass is 430 g/mol. The molecule has 0 atom stereocenters. The summed E-state index contributed by atoms with van der Waals surface area (Å²) in [5, 5.41) is 4.56.